The molecule has 0 spiro atoms. The van der Waals surface area contributed by atoms with Crippen molar-refractivity contribution in [3.63, 3.8) is 0 Å². The number of hydrogen-bond acceptors (Lipinski definition) is 5. The smallest absolute Gasteiger partial charge is 0.316 e. The van der Waals surface area contributed by atoms with Crippen molar-refractivity contribution in [2.45, 2.75) is 25.3 Å². The molecule has 6 nitrogen and oxygen atoms in total. The summed E-state index contributed by atoms with van der Waals surface area (Å²) in [5.41, 5.74) is 0.769. The highest BCUT2D eigenvalue weighted by atomic mass is 32.1. The number of hydrogen-bond donors (Lipinski definition) is 1. The molecular weight excluding hydrogens is 322 g/mol. The molecule has 124 valence electrons. The Kier molecular flexibility index (Phi) is 4.27. The van der Waals surface area contributed by atoms with Crippen LogP contribution in [-0.2, 0) is 6.54 Å². The number of nitrogens with one attached hydrogen (secondary N) is 1. The summed E-state index contributed by atoms with van der Waals surface area (Å²) in [5.74, 6) is 1.10. The third-order valence-corrected chi connectivity index (χ3v) is 5.07. The lowest BCUT2D eigenvalue weighted by molar-refractivity contribution is 0.439. The monoisotopic (exact) mass is 341 g/mol. The Morgan fingerprint density at radius 1 is 1.29 bits per heavy atom. The number of para-hydroxylation sites is 1. The van der Waals surface area contributed by atoms with Gasteiger partial charge in [-0.15, -0.1) is 11.3 Å². The van der Waals surface area contributed by atoms with Crippen LogP contribution in [0, 0.1) is 0 Å². The third-order valence-electron chi connectivity index (χ3n) is 4.31. The van der Waals surface area contributed by atoms with Crippen LogP contribution in [0.4, 0.5) is 0 Å². The molecule has 2 aromatic heterocycles. The van der Waals surface area contributed by atoms with E-state index in [0.717, 1.165) is 42.5 Å². The molecule has 1 N–H and O–H groups in total. The van der Waals surface area contributed by atoms with E-state index < -0.39 is 0 Å². The minimum atomic E-state index is -0.100. The van der Waals surface area contributed by atoms with E-state index >= 15 is 0 Å². The van der Waals surface area contributed by atoms with E-state index in [1.165, 1.54) is 4.68 Å². The van der Waals surface area contributed by atoms with Crippen LogP contribution in [0.25, 0.3) is 5.69 Å². The summed E-state index contributed by atoms with van der Waals surface area (Å²) in [7, 11) is 0. The summed E-state index contributed by atoms with van der Waals surface area (Å²) in [6.07, 6.45) is 3.91. The Morgan fingerprint density at radius 2 is 2.17 bits per heavy atom. The molecule has 0 amide bonds. The molecule has 1 aliphatic rings. The second-order valence-corrected chi connectivity index (χ2v) is 6.92. The fourth-order valence-electron chi connectivity index (χ4n) is 3.14. The SMILES string of the molecule is O=c1n(Cc2nccs2)nc([C@H]2CCCNC2)n1-c1ccccc1. The van der Waals surface area contributed by atoms with Gasteiger partial charge >= 0.3 is 5.69 Å². The van der Waals surface area contributed by atoms with Crippen LogP contribution >= 0.6 is 11.3 Å². The summed E-state index contributed by atoms with van der Waals surface area (Å²) in [4.78, 5) is 17.3. The molecule has 0 bridgehead atoms. The number of thiazole rings is 1. The van der Waals surface area contributed by atoms with Crippen molar-refractivity contribution in [2.75, 3.05) is 13.1 Å². The summed E-state index contributed by atoms with van der Waals surface area (Å²) >= 11 is 1.54. The first-order valence-electron chi connectivity index (χ1n) is 8.17. The molecule has 4 rings (SSSR count). The van der Waals surface area contributed by atoms with Crippen molar-refractivity contribution in [3.05, 3.63) is 63.2 Å². The highest BCUT2D eigenvalue weighted by molar-refractivity contribution is 7.09. The zero-order valence-corrected chi connectivity index (χ0v) is 14.1. The van der Waals surface area contributed by atoms with Gasteiger partial charge in [0, 0.05) is 24.0 Å². The van der Waals surface area contributed by atoms with E-state index in [1.807, 2.05) is 35.7 Å². The average Bonchev–Trinajstić information content (AvgIpc) is 3.25. The standard InChI is InChI=1S/C17H19N5OS/c23-17-21(12-15-19-9-10-24-15)20-16(13-5-4-8-18-11-13)22(17)14-6-2-1-3-7-14/h1-3,6-7,9-10,13,18H,4-5,8,11-12H2/t13-/m0/s1. The summed E-state index contributed by atoms with van der Waals surface area (Å²) in [5, 5.41) is 10.9. The second-order valence-electron chi connectivity index (χ2n) is 5.94. The highest BCUT2D eigenvalue weighted by Gasteiger charge is 2.25. The fourth-order valence-corrected chi connectivity index (χ4v) is 3.74. The van der Waals surface area contributed by atoms with Gasteiger partial charge in [0.05, 0.1) is 12.2 Å². The normalized spacial score (nSPS) is 17.9. The van der Waals surface area contributed by atoms with E-state index in [9.17, 15) is 4.79 Å². The van der Waals surface area contributed by atoms with Gasteiger partial charge in [0.15, 0.2) is 0 Å². The Hall–Kier alpha value is -2.25. The predicted molar refractivity (Wildman–Crippen MR) is 93.9 cm³/mol. The second kappa shape index (κ2) is 6.70. The first kappa shape index (κ1) is 15.3. The Balaban J connectivity index is 1.79. The van der Waals surface area contributed by atoms with Crippen LogP contribution in [0.2, 0.25) is 0 Å². The summed E-state index contributed by atoms with van der Waals surface area (Å²) < 4.78 is 3.29. The molecular formula is C17H19N5OS. The topological polar surface area (TPSA) is 64.7 Å². The average molecular weight is 341 g/mol. The molecule has 1 fully saturated rings. The molecule has 7 heteroatoms. The molecule has 1 aliphatic heterocycles. The van der Waals surface area contributed by atoms with Crippen LogP contribution in [-0.4, -0.2) is 32.4 Å². The van der Waals surface area contributed by atoms with Crippen molar-refractivity contribution < 1.29 is 0 Å². The van der Waals surface area contributed by atoms with Crippen molar-refractivity contribution in [2.24, 2.45) is 0 Å². The zero-order valence-electron chi connectivity index (χ0n) is 13.3. The van der Waals surface area contributed by atoms with Gasteiger partial charge < -0.3 is 5.32 Å². The van der Waals surface area contributed by atoms with Gasteiger partial charge in [0.1, 0.15) is 10.8 Å². The van der Waals surface area contributed by atoms with Gasteiger partial charge in [-0.3, -0.25) is 0 Å². The first-order chi connectivity index (χ1) is 11.8. The van der Waals surface area contributed by atoms with Crippen LogP contribution in [0.15, 0.2) is 46.7 Å². The third kappa shape index (κ3) is 2.92. The number of nitrogens with zero attached hydrogens (tertiary/aromatic N) is 4. The molecule has 0 saturated carbocycles. The molecule has 1 saturated heterocycles. The van der Waals surface area contributed by atoms with Crippen LogP contribution in [0.5, 0.6) is 0 Å². The summed E-state index contributed by atoms with van der Waals surface area (Å²) in [6, 6.07) is 9.76. The minimum Gasteiger partial charge on any atom is -0.316 e. The Bertz CT molecular complexity index is 847. The molecule has 1 aromatic carbocycles. The Labute approximate surface area is 143 Å². The quantitative estimate of drug-likeness (QED) is 0.788. The van der Waals surface area contributed by atoms with Gasteiger partial charge in [0.2, 0.25) is 0 Å². The van der Waals surface area contributed by atoms with Crippen molar-refractivity contribution in [3.8, 4) is 5.69 Å². The molecule has 3 aromatic rings. The minimum absolute atomic E-state index is 0.100. The van der Waals surface area contributed by atoms with E-state index in [4.69, 9.17) is 0 Å². The molecule has 24 heavy (non-hydrogen) atoms. The fraction of sp³-hybridized carbons (Fsp3) is 0.353. The van der Waals surface area contributed by atoms with Gasteiger partial charge in [-0.25, -0.2) is 19.0 Å². The van der Waals surface area contributed by atoms with Crippen LogP contribution in [0.3, 0.4) is 0 Å². The van der Waals surface area contributed by atoms with E-state index in [1.54, 1.807) is 22.1 Å². The number of piperidine rings is 1. The van der Waals surface area contributed by atoms with Crippen LogP contribution < -0.4 is 11.0 Å². The van der Waals surface area contributed by atoms with E-state index in [-0.39, 0.29) is 11.6 Å². The maximum atomic E-state index is 13.0. The molecule has 1 atom stereocenters. The van der Waals surface area contributed by atoms with E-state index in [2.05, 4.69) is 15.4 Å². The maximum Gasteiger partial charge on any atom is 0.350 e. The first-order valence-corrected chi connectivity index (χ1v) is 9.05. The summed E-state index contributed by atoms with van der Waals surface area (Å²) in [6.45, 7) is 2.32. The van der Waals surface area contributed by atoms with Crippen LogP contribution in [0.1, 0.15) is 29.6 Å². The van der Waals surface area contributed by atoms with Crippen molar-refractivity contribution in [1.29, 1.82) is 0 Å². The lowest BCUT2D eigenvalue weighted by Gasteiger charge is -2.22. The van der Waals surface area contributed by atoms with E-state index in [0.29, 0.717) is 6.54 Å². The van der Waals surface area contributed by atoms with Gasteiger partial charge in [-0.1, -0.05) is 18.2 Å². The molecule has 0 aliphatic carbocycles. The van der Waals surface area contributed by atoms with Gasteiger partial charge in [-0.05, 0) is 31.5 Å². The van der Waals surface area contributed by atoms with Gasteiger partial charge in [-0.2, -0.15) is 5.10 Å². The van der Waals surface area contributed by atoms with Crippen molar-refractivity contribution >= 4 is 11.3 Å². The number of aromatic nitrogens is 4. The number of rotatable bonds is 4. The predicted octanol–water partition coefficient (Wildman–Crippen LogP) is 2.01. The Morgan fingerprint density at radius 3 is 2.88 bits per heavy atom. The number of benzene rings is 1. The molecule has 0 unspecified atom stereocenters. The van der Waals surface area contributed by atoms with Gasteiger partial charge in [0.25, 0.3) is 0 Å². The molecule has 0 radical (unpaired) electrons. The maximum absolute atomic E-state index is 13.0. The molecule has 3 heterocycles. The zero-order chi connectivity index (χ0) is 16.4. The lowest BCUT2D eigenvalue weighted by Crippen LogP contribution is -2.31. The lowest BCUT2D eigenvalue weighted by atomic mass is 9.99. The largest absolute Gasteiger partial charge is 0.350 e. The van der Waals surface area contributed by atoms with Crippen molar-refractivity contribution in [1.82, 2.24) is 24.6 Å². The highest BCUT2D eigenvalue weighted by Crippen LogP contribution is 2.23.